The number of nitrogens with one attached hydrogen (secondary N) is 1. The number of likely N-dealkylation sites (N-methyl/N-ethyl adjacent to an activating group) is 1. The van der Waals surface area contributed by atoms with Crippen LogP contribution in [-0.2, 0) is 4.79 Å². The molecule has 1 saturated carbocycles. The van der Waals surface area contributed by atoms with Crippen molar-refractivity contribution in [3.05, 3.63) is 17.0 Å². The summed E-state index contributed by atoms with van der Waals surface area (Å²) in [6.45, 7) is 2.09. The van der Waals surface area contributed by atoms with Crippen LogP contribution in [0.2, 0.25) is 5.15 Å². The fraction of sp³-hybridized carbons (Fsp3) is 0.500. The first-order valence-electron chi connectivity index (χ1n) is 6.42. The largest absolute Gasteiger partial charge is 0.352 e. The van der Waals surface area contributed by atoms with E-state index in [-0.39, 0.29) is 12.5 Å². The molecule has 3 rings (SSSR count). The third-order valence-corrected chi connectivity index (χ3v) is 3.63. The van der Waals surface area contributed by atoms with Gasteiger partial charge in [0.25, 0.3) is 5.78 Å². The first kappa shape index (κ1) is 13.1. The number of hydrogen-bond acceptors (Lipinski definition) is 5. The van der Waals surface area contributed by atoms with Crippen LogP contribution >= 0.6 is 11.6 Å². The Morgan fingerprint density at radius 3 is 3.05 bits per heavy atom. The molecule has 0 atom stereocenters. The highest BCUT2D eigenvalue weighted by Gasteiger charge is 2.24. The Bertz CT molecular complexity index is 665. The van der Waals surface area contributed by atoms with E-state index in [0.29, 0.717) is 17.0 Å². The van der Waals surface area contributed by atoms with Gasteiger partial charge in [-0.1, -0.05) is 11.6 Å². The molecule has 8 heteroatoms. The SMILES string of the molecule is Cc1c(Cl)nc2ncnn2c1N(C)CC(=O)NC1CC1. The number of aromatic nitrogens is 4. The van der Waals surface area contributed by atoms with Crippen LogP contribution in [0.3, 0.4) is 0 Å². The van der Waals surface area contributed by atoms with Crippen molar-refractivity contribution in [2.75, 3.05) is 18.5 Å². The summed E-state index contributed by atoms with van der Waals surface area (Å²) in [4.78, 5) is 21.9. The van der Waals surface area contributed by atoms with Crippen LogP contribution < -0.4 is 10.2 Å². The number of halogens is 1. The van der Waals surface area contributed by atoms with Crippen LogP contribution in [0.25, 0.3) is 5.78 Å². The molecule has 0 radical (unpaired) electrons. The molecule has 2 heterocycles. The lowest BCUT2D eigenvalue weighted by molar-refractivity contribution is -0.119. The molecule has 0 aliphatic heterocycles. The van der Waals surface area contributed by atoms with Gasteiger partial charge >= 0.3 is 0 Å². The third-order valence-electron chi connectivity index (χ3n) is 3.26. The standard InChI is InChI=1S/C12H15ClN6O/c1-7-10(13)17-12-14-6-15-19(12)11(7)18(2)5-9(20)16-8-3-4-8/h6,8H,3-5H2,1-2H3,(H,16,20). The van der Waals surface area contributed by atoms with E-state index in [1.807, 2.05) is 18.9 Å². The molecule has 1 amide bonds. The summed E-state index contributed by atoms with van der Waals surface area (Å²) < 4.78 is 1.59. The Morgan fingerprint density at radius 1 is 1.60 bits per heavy atom. The molecule has 1 N–H and O–H groups in total. The Morgan fingerprint density at radius 2 is 2.35 bits per heavy atom. The van der Waals surface area contributed by atoms with E-state index in [2.05, 4.69) is 20.4 Å². The van der Waals surface area contributed by atoms with E-state index in [1.165, 1.54) is 6.33 Å². The van der Waals surface area contributed by atoms with Crippen molar-refractivity contribution in [3.63, 3.8) is 0 Å². The predicted octanol–water partition coefficient (Wildman–Crippen LogP) is 0.801. The zero-order chi connectivity index (χ0) is 14.3. The maximum atomic E-state index is 11.9. The van der Waals surface area contributed by atoms with Gasteiger partial charge in [0.2, 0.25) is 5.91 Å². The summed E-state index contributed by atoms with van der Waals surface area (Å²) in [5, 5.41) is 7.46. The number of carbonyl (C=O) groups is 1. The zero-order valence-electron chi connectivity index (χ0n) is 11.3. The molecular weight excluding hydrogens is 280 g/mol. The lowest BCUT2D eigenvalue weighted by atomic mass is 10.3. The highest BCUT2D eigenvalue weighted by atomic mass is 35.5. The van der Waals surface area contributed by atoms with E-state index in [4.69, 9.17) is 11.6 Å². The van der Waals surface area contributed by atoms with Crippen LogP contribution in [0.4, 0.5) is 5.82 Å². The number of nitrogens with zero attached hydrogens (tertiary/aromatic N) is 5. The second-order valence-corrected chi connectivity index (χ2v) is 5.38. The summed E-state index contributed by atoms with van der Waals surface area (Å²) in [7, 11) is 1.83. The maximum absolute atomic E-state index is 11.9. The van der Waals surface area contributed by atoms with E-state index >= 15 is 0 Å². The minimum absolute atomic E-state index is 0.00407. The zero-order valence-corrected chi connectivity index (χ0v) is 12.1. The Kier molecular flexibility index (Phi) is 3.21. The normalized spacial score (nSPS) is 14.6. The molecule has 1 aliphatic rings. The van der Waals surface area contributed by atoms with E-state index in [0.717, 1.165) is 24.2 Å². The van der Waals surface area contributed by atoms with Gasteiger partial charge in [0.1, 0.15) is 17.3 Å². The molecule has 1 fully saturated rings. The number of rotatable bonds is 4. The lowest BCUT2D eigenvalue weighted by Crippen LogP contribution is -2.37. The molecule has 0 saturated heterocycles. The first-order valence-corrected chi connectivity index (χ1v) is 6.80. The second-order valence-electron chi connectivity index (χ2n) is 5.02. The van der Waals surface area contributed by atoms with Gasteiger partial charge in [-0.25, -0.2) is 0 Å². The van der Waals surface area contributed by atoms with Gasteiger partial charge in [0, 0.05) is 18.7 Å². The molecule has 20 heavy (non-hydrogen) atoms. The van der Waals surface area contributed by atoms with Gasteiger partial charge < -0.3 is 10.2 Å². The van der Waals surface area contributed by atoms with E-state index in [9.17, 15) is 4.79 Å². The summed E-state index contributed by atoms with van der Waals surface area (Å²) >= 11 is 6.11. The Labute approximate surface area is 121 Å². The molecule has 0 spiro atoms. The topological polar surface area (TPSA) is 75.4 Å². The summed E-state index contributed by atoms with van der Waals surface area (Å²) in [5.74, 6) is 1.14. The smallest absolute Gasteiger partial charge is 0.255 e. The molecule has 2 aromatic heterocycles. The average molecular weight is 295 g/mol. The van der Waals surface area contributed by atoms with Crippen LogP contribution in [-0.4, -0.2) is 45.1 Å². The van der Waals surface area contributed by atoms with Crippen molar-refractivity contribution in [1.82, 2.24) is 24.9 Å². The van der Waals surface area contributed by atoms with Crippen LogP contribution in [0.1, 0.15) is 18.4 Å². The highest BCUT2D eigenvalue weighted by Crippen LogP contribution is 2.25. The summed E-state index contributed by atoms with van der Waals surface area (Å²) in [5.41, 5.74) is 0.770. The van der Waals surface area contributed by atoms with Crippen molar-refractivity contribution < 1.29 is 4.79 Å². The van der Waals surface area contributed by atoms with Crippen molar-refractivity contribution in [1.29, 1.82) is 0 Å². The van der Waals surface area contributed by atoms with E-state index in [1.54, 1.807) is 4.52 Å². The van der Waals surface area contributed by atoms with Crippen molar-refractivity contribution >= 4 is 29.1 Å². The van der Waals surface area contributed by atoms with Crippen LogP contribution in [0.5, 0.6) is 0 Å². The minimum atomic E-state index is -0.00407. The third kappa shape index (κ3) is 2.40. The quantitative estimate of drug-likeness (QED) is 0.844. The number of fused-ring (bicyclic) bond motifs is 1. The predicted molar refractivity (Wildman–Crippen MR) is 75.0 cm³/mol. The van der Waals surface area contributed by atoms with Gasteiger partial charge in [-0.05, 0) is 19.8 Å². The summed E-state index contributed by atoms with van der Waals surface area (Å²) in [6, 6.07) is 0.351. The van der Waals surface area contributed by atoms with Gasteiger partial charge in [-0.3, -0.25) is 4.79 Å². The summed E-state index contributed by atoms with van der Waals surface area (Å²) in [6.07, 6.45) is 3.56. The molecule has 0 aromatic carbocycles. The molecule has 1 aliphatic carbocycles. The van der Waals surface area contributed by atoms with E-state index < -0.39 is 0 Å². The van der Waals surface area contributed by atoms with Crippen LogP contribution in [0.15, 0.2) is 6.33 Å². The number of hydrogen-bond donors (Lipinski definition) is 1. The molecule has 0 bridgehead atoms. The first-order chi connectivity index (χ1) is 9.56. The molecule has 7 nitrogen and oxygen atoms in total. The fourth-order valence-corrected chi connectivity index (χ4v) is 2.28. The monoisotopic (exact) mass is 294 g/mol. The van der Waals surface area contributed by atoms with Crippen LogP contribution in [0, 0.1) is 6.92 Å². The maximum Gasteiger partial charge on any atom is 0.255 e. The lowest BCUT2D eigenvalue weighted by Gasteiger charge is -2.21. The van der Waals surface area contributed by atoms with Crippen molar-refractivity contribution in [2.24, 2.45) is 0 Å². The van der Waals surface area contributed by atoms with Crippen molar-refractivity contribution in [2.45, 2.75) is 25.8 Å². The Balaban J connectivity index is 1.89. The molecular formula is C12H15ClN6O. The van der Waals surface area contributed by atoms with Gasteiger partial charge in [0.15, 0.2) is 0 Å². The molecule has 0 unspecified atom stereocenters. The average Bonchev–Trinajstić information content (AvgIpc) is 3.07. The molecule has 106 valence electrons. The van der Waals surface area contributed by atoms with Gasteiger partial charge in [-0.2, -0.15) is 19.6 Å². The highest BCUT2D eigenvalue weighted by molar-refractivity contribution is 6.30. The van der Waals surface area contributed by atoms with Crippen molar-refractivity contribution in [3.8, 4) is 0 Å². The number of anilines is 1. The minimum Gasteiger partial charge on any atom is -0.352 e. The second kappa shape index (κ2) is 4.90. The Hall–Kier alpha value is -1.89. The fourth-order valence-electron chi connectivity index (χ4n) is 2.12. The van der Waals surface area contributed by atoms with Gasteiger partial charge in [-0.15, -0.1) is 0 Å². The molecule has 2 aromatic rings. The van der Waals surface area contributed by atoms with Gasteiger partial charge in [0.05, 0.1) is 6.54 Å². The number of amides is 1. The number of carbonyl (C=O) groups excluding carboxylic acids is 1.